The van der Waals surface area contributed by atoms with Gasteiger partial charge in [0.1, 0.15) is 6.04 Å². The molecule has 0 aliphatic rings. The highest BCUT2D eigenvalue weighted by molar-refractivity contribution is 7.99. The van der Waals surface area contributed by atoms with Gasteiger partial charge in [0.25, 0.3) is 5.22 Å². The second-order valence-electron chi connectivity index (χ2n) is 2.64. The first-order valence-corrected chi connectivity index (χ1v) is 5.30. The molecule has 0 aliphatic heterocycles. The smallest absolute Gasteiger partial charge is 0.276 e. The highest BCUT2D eigenvalue weighted by atomic mass is 32.2. The Balaban J connectivity index is 2.36. The zero-order valence-electron chi connectivity index (χ0n) is 8.15. The van der Waals surface area contributed by atoms with Crippen molar-refractivity contribution in [1.82, 2.24) is 15.5 Å². The number of hydrogen-bond donors (Lipinski definition) is 1. The Bertz CT molecular complexity index is 319. The van der Waals surface area contributed by atoms with Crippen molar-refractivity contribution >= 4 is 11.8 Å². The van der Waals surface area contributed by atoms with Crippen LogP contribution in [0.1, 0.15) is 12.8 Å². The molecule has 1 heterocycles. The largest absolute Gasteiger partial charge is 0.416 e. The fourth-order valence-corrected chi connectivity index (χ4v) is 1.66. The van der Waals surface area contributed by atoms with Crippen molar-refractivity contribution in [3.05, 3.63) is 5.89 Å². The molecule has 1 atom stereocenters. The summed E-state index contributed by atoms with van der Waals surface area (Å²) in [7, 11) is 0. The van der Waals surface area contributed by atoms with E-state index >= 15 is 0 Å². The summed E-state index contributed by atoms with van der Waals surface area (Å²) in [6.07, 6.45) is 0. The topological polar surface area (TPSA) is 74.7 Å². The van der Waals surface area contributed by atoms with Crippen molar-refractivity contribution in [2.45, 2.75) is 25.1 Å². The number of aryl methyl sites for hydroxylation is 1. The van der Waals surface area contributed by atoms with Gasteiger partial charge in [0.05, 0.1) is 6.07 Å². The van der Waals surface area contributed by atoms with Gasteiger partial charge in [-0.3, -0.25) is 0 Å². The highest BCUT2D eigenvalue weighted by Crippen LogP contribution is 2.16. The normalized spacial score (nSPS) is 12.4. The average molecular weight is 212 g/mol. The molecule has 0 saturated carbocycles. The Hall–Kier alpha value is -1.06. The monoisotopic (exact) mass is 212 g/mol. The molecule has 0 radical (unpaired) electrons. The molecule has 1 aromatic rings. The first-order valence-electron chi connectivity index (χ1n) is 4.32. The molecular formula is C8H12N4OS. The highest BCUT2D eigenvalue weighted by Gasteiger charge is 2.09. The standard InChI is InChI=1S/C8H12N4OS/c1-3-10-7(4-9)5-14-8-12-11-6(2)13-8/h7,10H,3,5H2,1-2H3. The van der Waals surface area contributed by atoms with Crippen LogP contribution in [0.25, 0.3) is 0 Å². The Morgan fingerprint density at radius 3 is 2.93 bits per heavy atom. The van der Waals surface area contributed by atoms with Crippen LogP contribution in [0.2, 0.25) is 0 Å². The fourth-order valence-electron chi connectivity index (χ4n) is 0.880. The van der Waals surface area contributed by atoms with Crippen LogP contribution in [-0.2, 0) is 0 Å². The number of nitriles is 1. The van der Waals surface area contributed by atoms with Gasteiger partial charge in [0.15, 0.2) is 0 Å². The lowest BCUT2D eigenvalue weighted by Gasteiger charge is -2.06. The Kier molecular flexibility index (Phi) is 4.43. The van der Waals surface area contributed by atoms with E-state index in [1.165, 1.54) is 11.8 Å². The molecule has 0 aliphatic carbocycles. The van der Waals surface area contributed by atoms with Crippen molar-refractivity contribution < 1.29 is 4.42 Å². The van der Waals surface area contributed by atoms with E-state index in [-0.39, 0.29) is 6.04 Å². The molecule has 0 saturated heterocycles. The van der Waals surface area contributed by atoms with E-state index in [1.807, 2.05) is 6.92 Å². The maximum atomic E-state index is 8.75. The molecule has 0 amide bonds. The Labute approximate surface area is 86.9 Å². The molecule has 5 nitrogen and oxygen atoms in total. The van der Waals surface area contributed by atoms with Crippen LogP contribution in [0.5, 0.6) is 0 Å². The second-order valence-corrected chi connectivity index (χ2v) is 3.61. The summed E-state index contributed by atoms with van der Waals surface area (Å²) < 4.78 is 5.16. The van der Waals surface area contributed by atoms with E-state index in [9.17, 15) is 0 Å². The molecule has 1 N–H and O–H groups in total. The van der Waals surface area contributed by atoms with Gasteiger partial charge in [0, 0.05) is 12.7 Å². The number of nitrogens with zero attached hydrogens (tertiary/aromatic N) is 3. The fraction of sp³-hybridized carbons (Fsp3) is 0.625. The molecule has 1 rings (SSSR count). The van der Waals surface area contributed by atoms with Crippen molar-refractivity contribution in [3.8, 4) is 6.07 Å². The van der Waals surface area contributed by atoms with Crippen LogP contribution in [-0.4, -0.2) is 28.5 Å². The van der Waals surface area contributed by atoms with Crippen LogP contribution in [0, 0.1) is 18.3 Å². The van der Waals surface area contributed by atoms with E-state index in [1.54, 1.807) is 6.92 Å². The number of rotatable bonds is 5. The number of aromatic nitrogens is 2. The molecule has 1 unspecified atom stereocenters. The third-order valence-corrected chi connectivity index (χ3v) is 2.40. The van der Waals surface area contributed by atoms with Crippen LogP contribution in [0.3, 0.4) is 0 Å². The zero-order chi connectivity index (χ0) is 10.4. The summed E-state index contributed by atoms with van der Waals surface area (Å²) in [4.78, 5) is 0. The number of thioether (sulfide) groups is 1. The molecule has 76 valence electrons. The Morgan fingerprint density at radius 2 is 2.43 bits per heavy atom. The predicted molar refractivity (Wildman–Crippen MR) is 52.8 cm³/mol. The van der Waals surface area contributed by atoms with Gasteiger partial charge in [-0.05, 0) is 6.54 Å². The average Bonchev–Trinajstić information content (AvgIpc) is 2.59. The molecule has 0 bridgehead atoms. The van der Waals surface area contributed by atoms with Crippen molar-refractivity contribution in [2.75, 3.05) is 12.3 Å². The summed E-state index contributed by atoms with van der Waals surface area (Å²) >= 11 is 1.39. The molecule has 0 spiro atoms. The van der Waals surface area contributed by atoms with Gasteiger partial charge < -0.3 is 9.73 Å². The van der Waals surface area contributed by atoms with Crippen LogP contribution in [0.4, 0.5) is 0 Å². The van der Waals surface area contributed by atoms with E-state index in [4.69, 9.17) is 9.68 Å². The van der Waals surface area contributed by atoms with Gasteiger partial charge in [-0.15, -0.1) is 10.2 Å². The van der Waals surface area contributed by atoms with Crippen LogP contribution >= 0.6 is 11.8 Å². The molecule has 14 heavy (non-hydrogen) atoms. The van der Waals surface area contributed by atoms with Crippen molar-refractivity contribution in [3.63, 3.8) is 0 Å². The van der Waals surface area contributed by atoms with Crippen LogP contribution in [0.15, 0.2) is 9.64 Å². The van der Waals surface area contributed by atoms with Crippen molar-refractivity contribution in [1.29, 1.82) is 5.26 Å². The Morgan fingerprint density at radius 1 is 1.64 bits per heavy atom. The minimum atomic E-state index is -0.169. The lowest BCUT2D eigenvalue weighted by molar-refractivity contribution is 0.429. The van der Waals surface area contributed by atoms with Crippen molar-refractivity contribution in [2.24, 2.45) is 0 Å². The maximum Gasteiger partial charge on any atom is 0.276 e. The predicted octanol–water partition coefficient (Wildman–Crippen LogP) is 0.972. The van der Waals surface area contributed by atoms with Gasteiger partial charge in [-0.1, -0.05) is 18.7 Å². The van der Waals surface area contributed by atoms with E-state index < -0.39 is 0 Å². The molecule has 1 aromatic heterocycles. The molecule has 6 heteroatoms. The van der Waals surface area contributed by atoms with Gasteiger partial charge in [0.2, 0.25) is 5.89 Å². The second kappa shape index (κ2) is 5.62. The van der Waals surface area contributed by atoms with E-state index in [2.05, 4.69) is 21.6 Å². The SMILES string of the molecule is CCNC(C#N)CSc1nnc(C)o1. The van der Waals surface area contributed by atoms with E-state index in [0.29, 0.717) is 16.9 Å². The summed E-state index contributed by atoms with van der Waals surface area (Å²) in [5.41, 5.74) is 0. The summed E-state index contributed by atoms with van der Waals surface area (Å²) in [6, 6.07) is 1.99. The summed E-state index contributed by atoms with van der Waals surface area (Å²) in [5, 5.41) is 19.8. The maximum absolute atomic E-state index is 8.75. The van der Waals surface area contributed by atoms with Gasteiger partial charge in [-0.25, -0.2) is 0 Å². The quantitative estimate of drug-likeness (QED) is 0.733. The number of nitrogens with one attached hydrogen (secondary N) is 1. The summed E-state index contributed by atoms with van der Waals surface area (Å²) in [6.45, 7) is 4.48. The summed E-state index contributed by atoms with van der Waals surface area (Å²) in [5.74, 6) is 1.16. The zero-order valence-corrected chi connectivity index (χ0v) is 8.97. The lowest BCUT2D eigenvalue weighted by atomic mass is 10.4. The first-order chi connectivity index (χ1) is 6.76. The third kappa shape index (κ3) is 3.36. The molecule has 0 fully saturated rings. The van der Waals surface area contributed by atoms with Gasteiger partial charge >= 0.3 is 0 Å². The first kappa shape index (κ1) is 11.0. The van der Waals surface area contributed by atoms with E-state index in [0.717, 1.165) is 6.54 Å². The minimum absolute atomic E-state index is 0.169. The van der Waals surface area contributed by atoms with Crippen LogP contribution < -0.4 is 5.32 Å². The molecular weight excluding hydrogens is 200 g/mol. The minimum Gasteiger partial charge on any atom is -0.416 e. The lowest BCUT2D eigenvalue weighted by Crippen LogP contribution is -2.29. The number of hydrogen-bond acceptors (Lipinski definition) is 6. The molecule has 0 aromatic carbocycles. The third-order valence-electron chi connectivity index (χ3n) is 1.49. The van der Waals surface area contributed by atoms with Gasteiger partial charge in [-0.2, -0.15) is 5.26 Å².